The van der Waals surface area contributed by atoms with E-state index >= 15 is 0 Å². The third-order valence-electron chi connectivity index (χ3n) is 2.26. The minimum atomic E-state index is -4.40. The van der Waals surface area contributed by atoms with Crippen molar-refractivity contribution in [1.82, 2.24) is 4.98 Å². The minimum absolute atomic E-state index is 0.00718. The lowest BCUT2D eigenvalue weighted by atomic mass is 10.2. The fraction of sp³-hybridized carbons (Fsp3) is 0.0833. The molecule has 7 heteroatoms. The smallest absolute Gasteiger partial charge is 0.340 e. The van der Waals surface area contributed by atoms with E-state index < -0.39 is 11.7 Å². The third kappa shape index (κ3) is 3.70. The highest BCUT2D eigenvalue weighted by Crippen LogP contribution is 2.36. The molecule has 0 amide bonds. The highest BCUT2D eigenvalue weighted by atomic mass is 79.9. The van der Waals surface area contributed by atoms with Gasteiger partial charge >= 0.3 is 6.18 Å². The first-order valence-corrected chi connectivity index (χ1v) is 6.71. The first-order chi connectivity index (χ1) is 8.86. The second-order valence-corrected chi connectivity index (χ2v) is 5.33. The third-order valence-corrected chi connectivity index (χ3v) is 3.39. The van der Waals surface area contributed by atoms with Crippen molar-refractivity contribution in [1.29, 1.82) is 0 Å². The number of anilines is 2. The Bertz CT molecular complexity index is 600. The molecule has 0 fully saturated rings. The van der Waals surface area contributed by atoms with Crippen LogP contribution >= 0.6 is 31.9 Å². The lowest BCUT2D eigenvalue weighted by Gasteiger charge is -2.12. The Morgan fingerprint density at radius 3 is 2.42 bits per heavy atom. The van der Waals surface area contributed by atoms with Crippen LogP contribution < -0.4 is 5.32 Å². The number of hydrogen-bond donors (Lipinski definition) is 1. The van der Waals surface area contributed by atoms with Crippen LogP contribution in [0.1, 0.15) is 5.56 Å². The lowest BCUT2D eigenvalue weighted by Crippen LogP contribution is -2.06. The number of hydrogen-bond acceptors (Lipinski definition) is 2. The Morgan fingerprint density at radius 2 is 1.79 bits per heavy atom. The second kappa shape index (κ2) is 5.50. The zero-order chi connectivity index (χ0) is 14.0. The molecule has 0 radical (unpaired) electrons. The van der Waals surface area contributed by atoms with Crippen LogP contribution in [0.2, 0.25) is 0 Å². The number of nitrogens with zero attached hydrogens (tertiary/aromatic N) is 1. The summed E-state index contributed by atoms with van der Waals surface area (Å²) in [5.74, 6) is 0.463. The van der Waals surface area contributed by atoms with Crippen LogP contribution in [0, 0.1) is 0 Å². The number of benzene rings is 1. The summed E-state index contributed by atoms with van der Waals surface area (Å²) in [5.41, 5.74) is -0.409. The van der Waals surface area contributed by atoms with Crippen molar-refractivity contribution in [2.45, 2.75) is 6.18 Å². The van der Waals surface area contributed by atoms with Crippen LogP contribution in [0.5, 0.6) is 0 Å². The number of halogens is 5. The topological polar surface area (TPSA) is 24.9 Å². The average molecular weight is 396 g/mol. The second-order valence-electron chi connectivity index (χ2n) is 3.66. The monoisotopic (exact) mass is 394 g/mol. The van der Waals surface area contributed by atoms with Gasteiger partial charge in [0, 0.05) is 10.2 Å². The summed E-state index contributed by atoms with van der Waals surface area (Å²) >= 11 is 6.09. The Balaban J connectivity index is 2.32. The Morgan fingerprint density at radius 1 is 1.05 bits per heavy atom. The van der Waals surface area contributed by atoms with Crippen molar-refractivity contribution in [3.05, 3.63) is 51.0 Å². The number of aromatic nitrogens is 1. The van der Waals surface area contributed by atoms with E-state index in [-0.39, 0.29) is 4.47 Å². The molecule has 0 atom stereocenters. The molecule has 0 saturated carbocycles. The van der Waals surface area contributed by atoms with E-state index in [1.165, 1.54) is 6.07 Å². The van der Waals surface area contributed by atoms with Gasteiger partial charge in [-0.15, -0.1) is 0 Å². The van der Waals surface area contributed by atoms with Crippen molar-refractivity contribution in [2.24, 2.45) is 0 Å². The van der Waals surface area contributed by atoms with Gasteiger partial charge in [0.2, 0.25) is 0 Å². The van der Waals surface area contributed by atoms with Gasteiger partial charge in [0.1, 0.15) is 10.4 Å². The molecule has 1 N–H and O–H groups in total. The Kier molecular flexibility index (Phi) is 4.15. The summed E-state index contributed by atoms with van der Waals surface area (Å²) in [6.45, 7) is 0. The molecule has 0 aliphatic rings. The molecular formula is C12H7Br2F3N2. The van der Waals surface area contributed by atoms with E-state index in [1.807, 2.05) is 0 Å². The van der Waals surface area contributed by atoms with Crippen LogP contribution in [0.25, 0.3) is 0 Å². The van der Waals surface area contributed by atoms with Crippen LogP contribution in [0.4, 0.5) is 24.7 Å². The van der Waals surface area contributed by atoms with Crippen molar-refractivity contribution in [3.63, 3.8) is 0 Å². The molecule has 19 heavy (non-hydrogen) atoms. The van der Waals surface area contributed by atoms with E-state index in [2.05, 4.69) is 42.2 Å². The summed E-state index contributed by atoms with van der Waals surface area (Å²) in [6, 6.07) is 9.06. The summed E-state index contributed by atoms with van der Waals surface area (Å²) in [6.07, 6.45) is -4.40. The van der Waals surface area contributed by atoms with Crippen LogP contribution in [0.15, 0.2) is 45.5 Å². The number of rotatable bonds is 2. The summed E-state index contributed by atoms with van der Waals surface area (Å²) in [4.78, 5) is 4.10. The maximum atomic E-state index is 12.8. The van der Waals surface area contributed by atoms with Gasteiger partial charge in [-0.1, -0.05) is 22.0 Å². The van der Waals surface area contributed by atoms with E-state index in [1.54, 1.807) is 24.3 Å². The van der Waals surface area contributed by atoms with Gasteiger partial charge in [0.25, 0.3) is 0 Å². The van der Waals surface area contributed by atoms with Crippen molar-refractivity contribution < 1.29 is 13.2 Å². The standard InChI is InChI=1S/C12H7Br2F3N2/c13-9-5-4-7(6-8(9)12(15,16)17)18-11-3-1-2-10(14)19-11/h1-6H,(H,18,19). The predicted octanol–water partition coefficient (Wildman–Crippen LogP) is 5.37. The molecule has 0 spiro atoms. The van der Waals surface area contributed by atoms with Gasteiger partial charge in [-0.25, -0.2) is 4.98 Å². The molecule has 1 heterocycles. The first-order valence-electron chi connectivity index (χ1n) is 5.12. The van der Waals surface area contributed by atoms with Gasteiger partial charge in [-0.3, -0.25) is 0 Å². The predicted molar refractivity (Wildman–Crippen MR) is 74.4 cm³/mol. The van der Waals surface area contributed by atoms with E-state index in [4.69, 9.17) is 0 Å². The number of alkyl halides is 3. The number of nitrogens with one attached hydrogen (secondary N) is 1. The van der Waals surface area contributed by atoms with Gasteiger partial charge in [-0.05, 0) is 46.3 Å². The van der Waals surface area contributed by atoms with E-state index in [0.717, 1.165) is 6.07 Å². The summed E-state index contributed by atoms with van der Waals surface area (Å²) in [5, 5.41) is 2.82. The lowest BCUT2D eigenvalue weighted by molar-refractivity contribution is -0.138. The highest BCUT2D eigenvalue weighted by molar-refractivity contribution is 9.10. The van der Waals surface area contributed by atoms with Crippen LogP contribution in [-0.2, 0) is 6.18 Å². The SMILES string of the molecule is FC(F)(F)c1cc(Nc2cccc(Br)n2)ccc1Br. The quantitative estimate of drug-likeness (QED) is 0.691. The zero-order valence-corrected chi connectivity index (χ0v) is 12.5. The van der Waals surface area contributed by atoms with Gasteiger partial charge < -0.3 is 5.32 Å². The fourth-order valence-corrected chi connectivity index (χ4v) is 2.26. The number of pyridine rings is 1. The Labute approximate surface area is 124 Å². The van der Waals surface area contributed by atoms with Gasteiger partial charge in [-0.2, -0.15) is 13.2 Å². The summed E-state index contributed by atoms with van der Waals surface area (Å²) in [7, 11) is 0. The maximum Gasteiger partial charge on any atom is 0.417 e. The molecule has 2 rings (SSSR count). The van der Waals surface area contributed by atoms with Crippen LogP contribution in [-0.4, -0.2) is 4.98 Å². The molecule has 0 saturated heterocycles. The van der Waals surface area contributed by atoms with Crippen LogP contribution in [0.3, 0.4) is 0 Å². The van der Waals surface area contributed by atoms with Crippen molar-refractivity contribution >= 4 is 43.4 Å². The molecule has 0 aliphatic carbocycles. The molecule has 1 aromatic carbocycles. The van der Waals surface area contributed by atoms with E-state index in [0.29, 0.717) is 16.1 Å². The molecule has 0 unspecified atom stereocenters. The minimum Gasteiger partial charge on any atom is -0.340 e. The molecule has 1 aromatic heterocycles. The normalized spacial score (nSPS) is 11.4. The Hall–Kier alpha value is -1.08. The molecule has 2 nitrogen and oxygen atoms in total. The van der Waals surface area contributed by atoms with Gasteiger partial charge in [0.05, 0.1) is 5.56 Å². The van der Waals surface area contributed by atoms with E-state index in [9.17, 15) is 13.2 Å². The fourth-order valence-electron chi connectivity index (χ4n) is 1.45. The molecule has 0 aliphatic heterocycles. The zero-order valence-electron chi connectivity index (χ0n) is 9.30. The average Bonchev–Trinajstić information content (AvgIpc) is 2.30. The molecule has 100 valence electrons. The highest BCUT2D eigenvalue weighted by Gasteiger charge is 2.33. The summed E-state index contributed by atoms with van der Waals surface area (Å²) < 4.78 is 38.9. The largest absolute Gasteiger partial charge is 0.417 e. The van der Waals surface area contributed by atoms with Crippen molar-refractivity contribution in [2.75, 3.05) is 5.32 Å². The van der Waals surface area contributed by atoms with Crippen molar-refractivity contribution in [3.8, 4) is 0 Å². The molecule has 2 aromatic rings. The molecular weight excluding hydrogens is 389 g/mol. The molecule has 0 bridgehead atoms. The first kappa shape index (κ1) is 14.3. The maximum absolute atomic E-state index is 12.8. The van der Waals surface area contributed by atoms with Gasteiger partial charge in [0.15, 0.2) is 0 Å².